The van der Waals surface area contributed by atoms with Gasteiger partial charge < -0.3 is 9.47 Å². The van der Waals surface area contributed by atoms with Gasteiger partial charge in [0, 0.05) is 38.4 Å². The molecule has 0 bridgehead atoms. The van der Waals surface area contributed by atoms with Gasteiger partial charge in [0.2, 0.25) is 0 Å². The van der Waals surface area contributed by atoms with Crippen molar-refractivity contribution >= 4 is 18.0 Å². The second kappa shape index (κ2) is 6.90. The molecule has 1 aliphatic heterocycles. The summed E-state index contributed by atoms with van der Waals surface area (Å²) in [6.45, 7) is 5.58. The van der Waals surface area contributed by atoms with Crippen LogP contribution in [0.5, 0.6) is 0 Å². The lowest BCUT2D eigenvalue weighted by molar-refractivity contribution is -0.137. The Hall–Kier alpha value is -1.94. The van der Waals surface area contributed by atoms with E-state index < -0.39 is 11.7 Å². The topological polar surface area (TPSA) is 42.1 Å². The van der Waals surface area contributed by atoms with Crippen molar-refractivity contribution in [2.75, 3.05) is 31.1 Å². The monoisotopic (exact) mass is 398 g/mol. The predicted molar refractivity (Wildman–Crippen MR) is 97.1 cm³/mol. The maximum atomic E-state index is 12.7. The highest BCUT2D eigenvalue weighted by atomic mass is 32.1. The third-order valence-corrected chi connectivity index (χ3v) is 5.47. The largest absolute Gasteiger partial charge is 0.417 e. The average molecular weight is 398 g/mol. The highest BCUT2D eigenvalue weighted by Crippen LogP contribution is 2.36. The molecule has 2 fully saturated rings. The lowest BCUT2D eigenvalue weighted by atomic mass is 10.2. The smallest absolute Gasteiger partial charge is 0.354 e. The Morgan fingerprint density at radius 3 is 2.41 bits per heavy atom. The molecule has 2 aliphatic rings. The van der Waals surface area contributed by atoms with Crippen LogP contribution in [0.4, 0.5) is 19.0 Å². The van der Waals surface area contributed by atoms with Gasteiger partial charge in [0.05, 0.1) is 12.2 Å². The molecular formula is C17H21F3N6S. The van der Waals surface area contributed by atoms with Gasteiger partial charge >= 0.3 is 6.18 Å². The van der Waals surface area contributed by atoms with Crippen LogP contribution in [0.1, 0.15) is 30.3 Å². The molecule has 0 spiro atoms. The molecule has 0 radical (unpaired) electrons. The van der Waals surface area contributed by atoms with E-state index in [1.54, 1.807) is 0 Å². The molecule has 2 aromatic rings. The van der Waals surface area contributed by atoms with Gasteiger partial charge in [-0.15, -0.1) is 0 Å². The van der Waals surface area contributed by atoms with E-state index in [4.69, 9.17) is 12.2 Å². The lowest BCUT2D eigenvalue weighted by Crippen LogP contribution is -2.47. The van der Waals surface area contributed by atoms with Crippen molar-refractivity contribution in [2.24, 2.45) is 0 Å². The van der Waals surface area contributed by atoms with E-state index >= 15 is 0 Å². The van der Waals surface area contributed by atoms with Gasteiger partial charge in [0.25, 0.3) is 0 Å². The van der Waals surface area contributed by atoms with Crippen LogP contribution in [-0.4, -0.2) is 50.4 Å². The van der Waals surface area contributed by atoms with Crippen molar-refractivity contribution in [3.63, 3.8) is 0 Å². The van der Waals surface area contributed by atoms with Crippen LogP contribution in [0.3, 0.4) is 0 Å². The molecule has 2 aromatic heterocycles. The van der Waals surface area contributed by atoms with E-state index in [0.29, 0.717) is 31.6 Å². The minimum Gasteiger partial charge on any atom is -0.354 e. The van der Waals surface area contributed by atoms with E-state index in [1.165, 1.54) is 18.9 Å². The number of alkyl halides is 3. The summed E-state index contributed by atoms with van der Waals surface area (Å²) in [5.41, 5.74) is -0.721. The van der Waals surface area contributed by atoms with Crippen molar-refractivity contribution in [3.8, 4) is 0 Å². The summed E-state index contributed by atoms with van der Waals surface area (Å²) in [6.07, 6.45) is -1.13. The van der Waals surface area contributed by atoms with Crippen LogP contribution in [0.25, 0.3) is 0 Å². The molecule has 6 nitrogen and oxygen atoms in total. The summed E-state index contributed by atoms with van der Waals surface area (Å²) < 4.78 is 42.7. The second-order valence-electron chi connectivity index (χ2n) is 7.08. The number of aromatic nitrogens is 4. The molecular weight excluding hydrogens is 377 g/mol. The van der Waals surface area contributed by atoms with Gasteiger partial charge in [-0.1, -0.05) is 0 Å². The van der Waals surface area contributed by atoms with Crippen molar-refractivity contribution in [2.45, 2.75) is 38.7 Å². The van der Waals surface area contributed by atoms with Crippen LogP contribution in [-0.2, 0) is 12.8 Å². The molecule has 0 atom stereocenters. The van der Waals surface area contributed by atoms with E-state index in [2.05, 4.69) is 19.5 Å². The van der Waals surface area contributed by atoms with E-state index in [0.717, 1.165) is 35.9 Å². The average Bonchev–Trinajstić information content (AvgIpc) is 3.42. The number of piperazine rings is 1. The van der Waals surface area contributed by atoms with Crippen molar-refractivity contribution < 1.29 is 13.2 Å². The van der Waals surface area contributed by atoms with Crippen molar-refractivity contribution in [1.82, 2.24) is 24.2 Å². The van der Waals surface area contributed by atoms with Crippen molar-refractivity contribution in [1.29, 1.82) is 0 Å². The summed E-state index contributed by atoms with van der Waals surface area (Å²) in [5.74, 6) is 1.53. The van der Waals surface area contributed by atoms with Gasteiger partial charge in [-0.2, -0.15) is 18.3 Å². The molecule has 1 saturated carbocycles. The molecule has 0 unspecified atom stereocenters. The molecule has 4 rings (SSSR count). The highest BCUT2D eigenvalue weighted by Gasteiger charge is 2.31. The minimum absolute atomic E-state index is 0.508. The normalized spacial score (nSPS) is 18.9. The van der Waals surface area contributed by atoms with Crippen LogP contribution >= 0.6 is 12.2 Å². The van der Waals surface area contributed by atoms with Crippen LogP contribution < -0.4 is 4.90 Å². The molecule has 1 saturated heterocycles. The van der Waals surface area contributed by atoms with Gasteiger partial charge in [-0.05, 0) is 44.1 Å². The van der Waals surface area contributed by atoms with Crippen LogP contribution in [0, 0.1) is 11.7 Å². The molecule has 3 heterocycles. The lowest BCUT2D eigenvalue weighted by Gasteiger charge is -2.35. The first-order valence-electron chi connectivity index (χ1n) is 8.99. The fourth-order valence-electron chi connectivity index (χ4n) is 3.42. The second-order valence-corrected chi connectivity index (χ2v) is 7.44. The number of nitrogens with zero attached hydrogens (tertiary/aromatic N) is 6. The first kappa shape index (κ1) is 18.4. The Labute approximate surface area is 160 Å². The summed E-state index contributed by atoms with van der Waals surface area (Å²) in [4.78, 5) is 8.24. The first-order chi connectivity index (χ1) is 12.8. The van der Waals surface area contributed by atoms with Gasteiger partial charge in [-0.3, -0.25) is 4.90 Å². The number of halogens is 3. The Balaban J connectivity index is 1.37. The van der Waals surface area contributed by atoms with Crippen molar-refractivity contribution in [3.05, 3.63) is 34.5 Å². The molecule has 0 N–H and O–H groups in total. The maximum Gasteiger partial charge on any atom is 0.417 e. The van der Waals surface area contributed by atoms with Crippen LogP contribution in [0.15, 0.2) is 18.3 Å². The predicted octanol–water partition coefficient (Wildman–Crippen LogP) is 3.25. The Morgan fingerprint density at radius 1 is 1.15 bits per heavy atom. The number of pyridine rings is 1. The molecule has 146 valence electrons. The van der Waals surface area contributed by atoms with Gasteiger partial charge in [-0.25, -0.2) is 9.67 Å². The summed E-state index contributed by atoms with van der Waals surface area (Å²) in [7, 11) is 0. The zero-order chi connectivity index (χ0) is 19.2. The quantitative estimate of drug-likeness (QED) is 0.740. The van der Waals surface area contributed by atoms with E-state index in [1.807, 2.05) is 16.5 Å². The zero-order valence-electron chi connectivity index (χ0n) is 15.0. The third-order valence-electron chi connectivity index (χ3n) is 5.06. The SMILES string of the molecule is Cc1nn(CN2CCN(c3ccc(C(F)(F)F)cn3)CC2)c(=S)n1C1CC1. The first-order valence-corrected chi connectivity index (χ1v) is 9.40. The molecule has 27 heavy (non-hydrogen) atoms. The van der Waals surface area contributed by atoms with E-state index in [-0.39, 0.29) is 0 Å². The Morgan fingerprint density at radius 2 is 1.85 bits per heavy atom. The molecule has 0 amide bonds. The summed E-state index contributed by atoms with van der Waals surface area (Å²) >= 11 is 5.56. The maximum absolute atomic E-state index is 12.7. The number of hydrogen-bond donors (Lipinski definition) is 0. The number of rotatable bonds is 4. The fraction of sp³-hybridized carbons (Fsp3) is 0.588. The Kier molecular flexibility index (Phi) is 4.71. The standard InChI is InChI=1S/C17H21F3N6S/c1-12-22-25(16(27)26(12)14-3-4-14)11-23-6-8-24(9-7-23)15-5-2-13(10-21-15)17(18,19)20/h2,5,10,14H,3-4,6-9,11H2,1H3. The van der Waals surface area contributed by atoms with Gasteiger partial charge in [0.15, 0.2) is 4.77 Å². The summed E-state index contributed by atoms with van der Waals surface area (Å²) in [5, 5.41) is 4.58. The van der Waals surface area contributed by atoms with E-state index in [9.17, 15) is 13.2 Å². The fourth-order valence-corrected chi connectivity index (χ4v) is 3.80. The minimum atomic E-state index is -4.36. The van der Waals surface area contributed by atoms with Gasteiger partial charge in [0.1, 0.15) is 11.6 Å². The number of anilines is 1. The van der Waals surface area contributed by atoms with Crippen LogP contribution in [0.2, 0.25) is 0 Å². The molecule has 10 heteroatoms. The number of aryl methyl sites for hydroxylation is 1. The summed E-state index contributed by atoms with van der Waals surface area (Å²) in [6, 6.07) is 3.03. The Bertz CT molecular complexity index is 860. The zero-order valence-corrected chi connectivity index (χ0v) is 15.8. The highest BCUT2D eigenvalue weighted by molar-refractivity contribution is 7.71. The molecule has 0 aromatic carbocycles. The third kappa shape index (κ3) is 3.86. The number of hydrogen-bond acceptors (Lipinski definition) is 5. The molecule has 1 aliphatic carbocycles.